The Bertz CT molecular complexity index is 1480. The molecule has 1 fully saturated rings. The average Bonchev–Trinajstić information content (AvgIpc) is 3.44. The van der Waals surface area contributed by atoms with Gasteiger partial charge in [0.2, 0.25) is 5.91 Å². The first-order chi connectivity index (χ1) is 18.6. The van der Waals surface area contributed by atoms with Crippen LogP contribution in [0.5, 0.6) is 11.5 Å². The second-order valence-electron chi connectivity index (χ2n) is 8.70. The zero-order valence-corrected chi connectivity index (χ0v) is 23.2. The van der Waals surface area contributed by atoms with E-state index in [1.165, 1.54) is 29.2 Å². The molecule has 2 aliphatic heterocycles. The molecule has 5 rings (SSSR count). The largest absolute Gasteiger partial charge is 0.494 e. The van der Waals surface area contributed by atoms with Crippen LogP contribution in [0.25, 0.3) is 0 Å². The minimum Gasteiger partial charge on any atom is -0.494 e. The highest BCUT2D eigenvalue weighted by molar-refractivity contribution is 6.56. The Morgan fingerprint density at radius 2 is 1.31 bits per heavy atom. The topological polar surface area (TPSA) is 93.2 Å². The molecule has 1 saturated heterocycles. The number of fused-ring (bicyclic) bond motifs is 1. The number of nitrogens with zero attached hydrogens (tertiary/aromatic N) is 2. The summed E-state index contributed by atoms with van der Waals surface area (Å²) in [6.07, 6.45) is 0.00576. The Kier molecular flexibility index (Phi) is 7.48. The standard InChI is InChI=1S/C27H18Cl4N2O6/c1-2-38-16-7-3-14(4-8-16)32-12-13(11-18(32)34)27(37)39-17-9-5-15(6-10-17)33-25(35)19-20(26(33)36)22(29)24(31)23(30)21(19)28/h3-10,13H,2,11-12H2,1H3/t13-/m0/s1. The molecule has 39 heavy (non-hydrogen) atoms. The predicted octanol–water partition coefficient (Wildman–Crippen LogP) is 6.46. The van der Waals surface area contributed by atoms with Crippen LogP contribution in [0.4, 0.5) is 11.4 Å². The van der Waals surface area contributed by atoms with E-state index in [2.05, 4.69) is 0 Å². The van der Waals surface area contributed by atoms with Crippen LogP contribution in [0, 0.1) is 5.92 Å². The van der Waals surface area contributed by atoms with Gasteiger partial charge in [0, 0.05) is 18.7 Å². The number of ether oxygens (including phenoxy) is 2. The van der Waals surface area contributed by atoms with Crippen molar-refractivity contribution in [1.29, 1.82) is 0 Å². The number of halogens is 4. The summed E-state index contributed by atoms with van der Waals surface area (Å²) in [6.45, 7) is 2.58. The van der Waals surface area contributed by atoms with Crippen molar-refractivity contribution in [1.82, 2.24) is 0 Å². The van der Waals surface area contributed by atoms with E-state index in [4.69, 9.17) is 55.9 Å². The van der Waals surface area contributed by atoms with Crippen molar-refractivity contribution >= 4 is 81.5 Å². The van der Waals surface area contributed by atoms with Crippen molar-refractivity contribution in [2.24, 2.45) is 5.92 Å². The molecule has 200 valence electrons. The van der Waals surface area contributed by atoms with Crippen LogP contribution in [0.3, 0.4) is 0 Å². The van der Waals surface area contributed by atoms with Crippen molar-refractivity contribution in [3.63, 3.8) is 0 Å². The lowest BCUT2D eigenvalue weighted by molar-refractivity contribution is -0.139. The number of carbonyl (C=O) groups is 4. The van der Waals surface area contributed by atoms with Gasteiger partial charge in [0.1, 0.15) is 11.5 Å². The van der Waals surface area contributed by atoms with Gasteiger partial charge in [-0.25, -0.2) is 4.90 Å². The maximum absolute atomic E-state index is 13.0. The summed E-state index contributed by atoms with van der Waals surface area (Å²) < 4.78 is 10.9. The predicted molar refractivity (Wildman–Crippen MR) is 148 cm³/mol. The number of benzene rings is 3. The molecule has 3 aromatic rings. The molecule has 0 radical (unpaired) electrons. The molecule has 2 aliphatic rings. The van der Waals surface area contributed by atoms with Crippen LogP contribution in [0.15, 0.2) is 48.5 Å². The van der Waals surface area contributed by atoms with Gasteiger partial charge in [-0.1, -0.05) is 46.4 Å². The molecule has 3 amide bonds. The molecule has 1 atom stereocenters. The third kappa shape index (κ3) is 4.82. The van der Waals surface area contributed by atoms with Crippen LogP contribution in [-0.4, -0.2) is 36.8 Å². The first-order valence-electron chi connectivity index (χ1n) is 11.7. The van der Waals surface area contributed by atoms with Gasteiger partial charge in [-0.2, -0.15) is 0 Å². The molecule has 0 N–H and O–H groups in total. The summed E-state index contributed by atoms with van der Waals surface area (Å²) in [5, 5.41) is -0.589. The minimum absolute atomic E-state index is 0.00576. The molecule has 0 aliphatic carbocycles. The van der Waals surface area contributed by atoms with Gasteiger partial charge in [0.05, 0.1) is 49.4 Å². The van der Waals surface area contributed by atoms with E-state index < -0.39 is 23.7 Å². The molecule has 0 aromatic heterocycles. The lowest BCUT2D eigenvalue weighted by Gasteiger charge is -2.17. The highest BCUT2D eigenvalue weighted by Crippen LogP contribution is 2.45. The Morgan fingerprint density at radius 1 is 0.795 bits per heavy atom. The zero-order chi connectivity index (χ0) is 28.0. The number of amides is 3. The van der Waals surface area contributed by atoms with Crippen molar-refractivity contribution in [3.05, 3.63) is 79.7 Å². The first-order valence-corrected chi connectivity index (χ1v) is 13.2. The first kappa shape index (κ1) is 27.3. The van der Waals surface area contributed by atoms with Crippen molar-refractivity contribution in [2.75, 3.05) is 23.0 Å². The third-order valence-electron chi connectivity index (χ3n) is 6.33. The van der Waals surface area contributed by atoms with Crippen LogP contribution in [0.1, 0.15) is 34.1 Å². The number of esters is 1. The summed E-state index contributed by atoms with van der Waals surface area (Å²) in [4.78, 5) is 53.9. The smallest absolute Gasteiger partial charge is 0.316 e. The van der Waals surface area contributed by atoms with E-state index in [9.17, 15) is 19.2 Å². The summed E-state index contributed by atoms with van der Waals surface area (Å²) in [5.74, 6) is -2.01. The number of hydrogen-bond donors (Lipinski definition) is 0. The van der Waals surface area contributed by atoms with E-state index in [1.54, 1.807) is 24.3 Å². The van der Waals surface area contributed by atoms with E-state index in [1.807, 2.05) is 6.92 Å². The van der Waals surface area contributed by atoms with E-state index in [0.29, 0.717) is 18.0 Å². The SMILES string of the molecule is CCOc1ccc(N2C[C@@H](C(=O)Oc3ccc(N4C(=O)c5c(Cl)c(Cl)c(Cl)c(Cl)c5C4=O)cc3)CC2=O)cc1. The van der Waals surface area contributed by atoms with Crippen LogP contribution >= 0.6 is 46.4 Å². The summed E-state index contributed by atoms with van der Waals surface area (Å²) in [6, 6.07) is 12.8. The van der Waals surface area contributed by atoms with Crippen LogP contribution < -0.4 is 19.3 Å². The monoisotopic (exact) mass is 606 g/mol. The van der Waals surface area contributed by atoms with Crippen molar-refractivity contribution in [2.45, 2.75) is 13.3 Å². The quantitative estimate of drug-likeness (QED) is 0.105. The lowest BCUT2D eigenvalue weighted by Crippen LogP contribution is -2.29. The Morgan fingerprint density at radius 3 is 1.85 bits per heavy atom. The van der Waals surface area contributed by atoms with Gasteiger partial charge in [0.15, 0.2) is 0 Å². The van der Waals surface area contributed by atoms with Gasteiger partial charge in [-0.05, 0) is 55.5 Å². The molecular weight excluding hydrogens is 590 g/mol. The normalized spacial score (nSPS) is 16.6. The number of imide groups is 1. The summed E-state index contributed by atoms with van der Waals surface area (Å²) >= 11 is 24.5. The highest BCUT2D eigenvalue weighted by atomic mass is 35.5. The molecule has 8 nitrogen and oxygen atoms in total. The molecule has 0 spiro atoms. The molecule has 0 bridgehead atoms. The second kappa shape index (κ2) is 10.7. The maximum Gasteiger partial charge on any atom is 0.316 e. The molecule has 12 heteroatoms. The molecule has 0 unspecified atom stereocenters. The molecule has 3 aromatic carbocycles. The molecule has 2 heterocycles. The fraction of sp³-hybridized carbons (Fsp3) is 0.185. The lowest BCUT2D eigenvalue weighted by atomic mass is 10.1. The summed E-state index contributed by atoms with van der Waals surface area (Å²) in [7, 11) is 0. The van der Waals surface area contributed by atoms with E-state index >= 15 is 0 Å². The van der Waals surface area contributed by atoms with Gasteiger partial charge in [-0.15, -0.1) is 0 Å². The maximum atomic E-state index is 13.0. The molecular formula is C27H18Cl4N2O6. The van der Waals surface area contributed by atoms with Gasteiger partial charge >= 0.3 is 5.97 Å². The van der Waals surface area contributed by atoms with Crippen LogP contribution in [0.2, 0.25) is 20.1 Å². The number of carbonyl (C=O) groups excluding carboxylic acids is 4. The Hall–Kier alpha value is -3.30. The number of anilines is 2. The fourth-order valence-electron chi connectivity index (χ4n) is 4.45. The molecule has 0 saturated carbocycles. The van der Waals surface area contributed by atoms with Gasteiger partial charge in [-0.3, -0.25) is 19.2 Å². The minimum atomic E-state index is -0.718. The third-order valence-corrected chi connectivity index (χ3v) is 8.13. The van der Waals surface area contributed by atoms with Crippen molar-refractivity contribution in [3.8, 4) is 11.5 Å². The van der Waals surface area contributed by atoms with Crippen LogP contribution in [-0.2, 0) is 9.59 Å². The highest BCUT2D eigenvalue weighted by Gasteiger charge is 2.42. The van der Waals surface area contributed by atoms with E-state index in [0.717, 1.165) is 4.90 Å². The fourth-order valence-corrected chi connectivity index (χ4v) is 5.46. The summed E-state index contributed by atoms with van der Waals surface area (Å²) in [5.41, 5.74) is 0.573. The Balaban J connectivity index is 1.28. The van der Waals surface area contributed by atoms with Gasteiger partial charge in [0.25, 0.3) is 11.8 Å². The zero-order valence-electron chi connectivity index (χ0n) is 20.2. The average molecular weight is 608 g/mol. The van der Waals surface area contributed by atoms with Crippen molar-refractivity contribution < 1.29 is 28.7 Å². The number of hydrogen-bond acceptors (Lipinski definition) is 6. The second-order valence-corrected chi connectivity index (χ2v) is 10.2. The van der Waals surface area contributed by atoms with Gasteiger partial charge < -0.3 is 14.4 Å². The Labute approximate surface area is 242 Å². The number of rotatable bonds is 6. The van der Waals surface area contributed by atoms with E-state index in [-0.39, 0.29) is 61.5 Å².